The number of halogens is 2. The molecular weight excluding hydrogens is 472 g/mol. The molecular formula is C22H18BrClN2O4. The van der Waals surface area contributed by atoms with E-state index in [-0.39, 0.29) is 24.5 Å². The summed E-state index contributed by atoms with van der Waals surface area (Å²) in [4.78, 5) is 24.0. The molecule has 0 aliphatic rings. The first-order chi connectivity index (χ1) is 14.5. The number of rotatable bonds is 7. The molecule has 8 heteroatoms. The van der Waals surface area contributed by atoms with Gasteiger partial charge in [0.2, 0.25) is 5.91 Å². The van der Waals surface area contributed by atoms with Crippen molar-refractivity contribution in [1.82, 2.24) is 5.43 Å². The molecule has 0 unspecified atom stereocenters. The summed E-state index contributed by atoms with van der Waals surface area (Å²) in [6.07, 6.45) is 1.63. The Balaban J connectivity index is 1.63. The lowest BCUT2D eigenvalue weighted by Crippen LogP contribution is -2.19. The van der Waals surface area contributed by atoms with E-state index in [9.17, 15) is 9.59 Å². The minimum absolute atomic E-state index is 0.218. The molecule has 0 aliphatic heterocycles. The third kappa shape index (κ3) is 5.81. The van der Waals surface area contributed by atoms with Crippen molar-refractivity contribution in [3.63, 3.8) is 0 Å². The van der Waals surface area contributed by atoms with Crippen LogP contribution >= 0.6 is 27.5 Å². The van der Waals surface area contributed by atoms with E-state index in [0.29, 0.717) is 22.1 Å². The minimum atomic E-state index is -0.494. The molecule has 30 heavy (non-hydrogen) atoms. The summed E-state index contributed by atoms with van der Waals surface area (Å²) >= 11 is 9.44. The molecule has 0 fully saturated rings. The average molecular weight is 490 g/mol. The summed E-state index contributed by atoms with van der Waals surface area (Å²) in [6.45, 7) is 1.99. The zero-order valence-electron chi connectivity index (χ0n) is 16.0. The van der Waals surface area contributed by atoms with Crippen LogP contribution in [0.1, 0.15) is 28.6 Å². The summed E-state index contributed by atoms with van der Waals surface area (Å²) in [5.74, 6) is 0.241. The number of furan rings is 1. The van der Waals surface area contributed by atoms with Crippen molar-refractivity contribution < 1.29 is 18.7 Å². The van der Waals surface area contributed by atoms with Crippen molar-refractivity contribution in [3.8, 4) is 11.3 Å². The standard InChI is InChI=1S/C22H18BrClN2O4/c1-2-29-22(28)18-12-15(5-9-19(18)24)20-10-8-17(30-20)13-25-26-21(27)11-14-3-6-16(23)7-4-14/h3-10,12-13H,2,11H2,1H3,(H,26,27)/b25-13+. The number of carbonyl (C=O) groups excluding carboxylic acids is 2. The van der Waals surface area contributed by atoms with Gasteiger partial charge in [-0.3, -0.25) is 4.79 Å². The molecule has 0 saturated carbocycles. The number of nitrogens with one attached hydrogen (secondary N) is 1. The van der Waals surface area contributed by atoms with Gasteiger partial charge in [0.15, 0.2) is 0 Å². The topological polar surface area (TPSA) is 80.9 Å². The lowest BCUT2D eigenvalue weighted by molar-refractivity contribution is -0.120. The van der Waals surface area contributed by atoms with Crippen molar-refractivity contribution >= 4 is 45.6 Å². The van der Waals surface area contributed by atoms with Crippen molar-refractivity contribution in [3.05, 3.63) is 81.0 Å². The van der Waals surface area contributed by atoms with Crippen LogP contribution in [-0.4, -0.2) is 24.7 Å². The number of hydrogen-bond acceptors (Lipinski definition) is 5. The molecule has 0 saturated heterocycles. The van der Waals surface area contributed by atoms with Crippen LogP contribution in [0.3, 0.4) is 0 Å². The molecule has 2 aromatic carbocycles. The summed E-state index contributed by atoms with van der Waals surface area (Å²) in [7, 11) is 0. The summed E-state index contributed by atoms with van der Waals surface area (Å²) in [5.41, 5.74) is 4.28. The van der Waals surface area contributed by atoms with Crippen molar-refractivity contribution in [2.24, 2.45) is 5.10 Å². The maximum Gasteiger partial charge on any atom is 0.339 e. The quantitative estimate of drug-likeness (QED) is 0.280. The van der Waals surface area contributed by atoms with E-state index in [2.05, 4.69) is 26.5 Å². The van der Waals surface area contributed by atoms with Gasteiger partial charge in [0.05, 0.1) is 29.8 Å². The monoisotopic (exact) mass is 488 g/mol. The number of amides is 1. The molecule has 0 radical (unpaired) electrons. The van der Waals surface area contributed by atoms with Crippen LogP contribution < -0.4 is 5.43 Å². The Bertz CT molecular complexity index is 1080. The second-order valence-corrected chi connectivity index (χ2v) is 7.54. The van der Waals surface area contributed by atoms with Gasteiger partial charge in [-0.05, 0) is 55.0 Å². The van der Waals surface area contributed by atoms with Crippen LogP contribution in [0.25, 0.3) is 11.3 Å². The average Bonchev–Trinajstić information content (AvgIpc) is 3.19. The highest BCUT2D eigenvalue weighted by atomic mass is 79.9. The molecule has 3 aromatic rings. The van der Waals surface area contributed by atoms with E-state index in [4.69, 9.17) is 20.8 Å². The van der Waals surface area contributed by atoms with Crippen LogP contribution in [-0.2, 0) is 16.0 Å². The molecule has 0 spiro atoms. The Kier molecular flexibility index (Phi) is 7.43. The van der Waals surface area contributed by atoms with Gasteiger partial charge in [-0.1, -0.05) is 39.7 Å². The first kappa shape index (κ1) is 21.8. The fourth-order valence-electron chi connectivity index (χ4n) is 2.62. The van der Waals surface area contributed by atoms with E-state index in [1.54, 1.807) is 37.3 Å². The molecule has 3 rings (SSSR count). The first-order valence-corrected chi connectivity index (χ1v) is 10.3. The number of benzene rings is 2. The molecule has 1 aromatic heterocycles. The Labute approximate surface area is 187 Å². The van der Waals surface area contributed by atoms with Gasteiger partial charge in [-0.2, -0.15) is 5.10 Å². The molecule has 1 heterocycles. The lowest BCUT2D eigenvalue weighted by Gasteiger charge is -2.05. The Morgan fingerprint density at radius 2 is 1.93 bits per heavy atom. The third-order valence-corrected chi connectivity index (χ3v) is 4.89. The molecule has 1 amide bonds. The number of ether oxygens (including phenoxy) is 1. The van der Waals surface area contributed by atoms with E-state index in [1.165, 1.54) is 6.21 Å². The highest BCUT2D eigenvalue weighted by Gasteiger charge is 2.14. The molecule has 0 aliphatic carbocycles. The van der Waals surface area contributed by atoms with E-state index in [0.717, 1.165) is 10.0 Å². The number of hydrazone groups is 1. The molecule has 0 bridgehead atoms. The molecule has 6 nitrogen and oxygen atoms in total. The SMILES string of the molecule is CCOC(=O)c1cc(-c2ccc(/C=N/NC(=O)Cc3ccc(Br)cc3)o2)ccc1Cl. The van der Waals surface area contributed by atoms with Crippen LogP contribution in [0, 0.1) is 0 Å². The highest BCUT2D eigenvalue weighted by molar-refractivity contribution is 9.10. The van der Waals surface area contributed by atoms with Gasteiger partial charge in [0, 0.05) is 10.0 Å². The largest absolute Gasteiger partial charge is 0.462 e. The van der Waals surface area contributed by atoms with E-state index in [1.807, 2.05) is 24.3 Å². The smallest absolute Gasteiger partial charge is 0.339 e. The normalized spacial score (nSPS) is 10.9. The summed E-state index contributed by atoms with van der Waals surface area (Å²) < 4.78 is 11.7. The fraction of sp³-hybridized carbons (Fsp3) is 0.136. The van der Waals surface area contributed by atoms with Gasteiger partial charge >= 0.3 is 5.97 Å². The minimum Gasteiger partial charge on any atom is -0.462 e. The van der Waals surface area contributed by atoms with Gasteiger partial charge in [0.25, 0.3) is 0 Å². The maximum absolute atomic E-state index is 12.0. The summed E-state index contributed by atoms with van der Waals surface area (Å²) in [6, 6.07) is 15.9. The van der Waals surface area contributed by atoms with Crippen molar-refractivity contribution in [2.75, 3.05) is 6.61 Å². The van der Waals surface area contributed by atoms with Crippen molar-refractivity contribution in [1.29, 1.82) is 0 Å². The second kappa shape index (κ2) is 10.2. The predicted molar refractivity (Wildman–Crippen MR) is 119 cm³/mol. The first-order valence-electron chi connectivity index (χ1n) is 9.09. The zero-order chi connectivity index (χ0) is 21.5. The lowest BCUT2D eigenvalue weighted by atomic mass is 10.1. The van der Waals surface area contributed by atoms with E-state index < -0.39 is 5.97 Å². The third-order valence-electron chi connectivity index (χ3n) is 4.03. The number of hydrogen-bond donors (Lipinski definition) is 1. The van der Waals surface area contributed by atoms with Gasteiger partial charge in [0.1, 0.15) is 11.5 Å². The van der Waals surface area contributed by atoms with Crippen molar-refractivity contribution in [2.45, 2.75) is 13.3 Å². The number of carbonyl (C=O) groups is 2. The van der Waals surface area contributed by atoms with Gasteiger partial charge in [-0.15, -0.1) is 0 Å². The van der Waals surface area contributed by atoms with Crippen LogP contribution in [0.5, 0.6) is 0 Å². The molecule has 0 atom stereocenters. The Morgan fingerprint density at radius 1 is 1.17 bits per heavy atom. The van der Waals surface area contributed by atoms with Crippen LogP contribution in [0.15, 0.2) is 68.6 Å². The summed E-state index contributed by atoms with van der Waals surface area (Å²) in [5, 5.41) is 4.23. The zero-order valence-corrected chi connectivity index (χ0v) is 18.4. The van der Waals surface area contributed by atoms with Crippen LogP contribution in [0.4, 0.5) is 0 Å². The van der Waals surface area contributed by atoms with Gasteiger partial charge < -0.3 is 9.15 Å². The Hall–Kier alpha value is -2.90. The number of nitrogens with zero attached hydrogens (tertiary/aromatic N) is 1. The van der Waals surface area contributed by atoms with E-state index >= 15 is 0 Å². The maximum atomic E-state index is 12.0. The number of esters is 1. The fourth-order valence-corrected chi connectivity index (χ4v) is 3.08. The highest BCUT2D eigenvalue weighted by Crippen LogP contribution is 2.27. The van der Waals surface area contributed by atoms with Gasteiger partial charge in [-0.25, -0.2) is 10.2 Å². The molecule has 1 N–H and O–H groups in total. The Morgan fingerprint density at radius 3 is 2.67 bits per heavy atom. The second-order valence-electron chi connectivity index (χ2n) is 6.21. The van der Waals surface area contributed by atoms with Crippen LogP contribution in [0.2, 0.25) is 5.02 Å². The predicted octanol–water partition coefficient (Wildman–Crippen LogP) is 5.23. The molecule has 154 valence electrons.